The maximum atomic E-state index is 4.94. The monoisotopic (exact) mass is 221 g/mol. The Labute approximate surface area is 99.2 Å². The highest BCUT2D eigenvalue weighted by molar-refractivity contribution is 5.21. The normalized spacial score (nSPS) is 14.8. The van der Waals surface area contributed by atoms with Crippen LogP contribution in [0.15, 0.2) is 24.3 Å². The predicted octanol–water partition coefficient (Wildman–Crippen LogP) is 2.85. The molecule has 0 spiro atoms. The summed E-state index contributed by atoms with van der Waals surface area (Å²) in [5.41, 5.74) is 2.72. The van der Waals surface area contributed by atoms with Crippen molar-refractivity contribution in [3.8, 4) is 0 Å². The number of nitrogens with zero attached hydrogens (tertiary/aromatic N) is 1. The molecule has 2 rings (SSSR count). The lowest BCUT2D eigenvalue weighted by atomic mass is 10.1. The fraction of sp³-hybridized carbons (Fsp3) is 0.571. The second-order valence-corrected chi connectivity index (χ2v) is 4.55. The maximum Gasteiger partial charge on any atom is 0.0466 e. The molecule has 0 atom stereocenters. The molecule has 0 unspecified atom stereocenters. The first kappa shape index (κ1) is 13.2. The molecule has 1 aliphatic rings. The third-order valence-electron chi connectivity index (χ3n) is 2.41. The third kappa shape index (κ3) is 5.89. The molecule has 0 saturated carbocycles. The summed E-state index contributed by atoms with van der Waals surface area (Å²) in [7, 11) is 4.17. The number of hydrogen-bond donors (Lipinski definition) is 0. The zero-order chi connectivity index (χ0) is 11.8. The number of hydrogen-bond acceptors (Lipinski definition) is 2. The number of ether oxygens (including phenoxy) is 1. The Kier molecular flexibility index (Phi) is 6.12. The minimum Gasteiger partial charge on any atom is -0.381 e. The zero-order valence-corrected chi connectivity index (χ0v) is 10.7. The summed E-state index contributed by atoms with van der Waals surface area (Å²) < 4.78 is 4.94. The molecule has 0 bridgehead atoms. The van der Waals surface area contributed by atoms with Crippen molar-refractivity contribution in [2.75, 3.05) is 27.3 Å². The SMILES string of the molecule is C1CCOC1.Cc1cccc(CN(C)C)c1. The Hall–Kier alpha value is -0.860. The van der Waals surface area contributed by atoms with Gasteiger partial charge in [0.15, 0.2) is 0 Å². The van der Waals surface area contributed by atoms with E-state index in [0.29, 0.717) is 0 Å². The number of aryl methyl sites for hydroxylation is 1. The summed E-state index contributed by atoms with van der Waals surface area (Å²) in [5, 5.41) is 0. The summed E-state index contributed by atoms with van der Waals surface area (Å²) in [5.74, 6) is 0. The number of rotatable bonds is 2. The van der Waals surface area contributed by atoms with Crippen LogP contribution in [0, 0.1) is 6.92 Å². The standard InChI is InChI=1S/C10H15N.C4H8O/c1-9-5-4-6-10(7-9)8-11(2)3;1-2-4-5-3-1/h4-7H,8H2,1-3H3;1-4H2. The second-order valence-electron chi connectivity index (χ2n) is 4.55. The van der Waals surface area contributed by atoms with Crippen molar-refractivity contribution in [2.45, 2.75) is 26.3 Å². The summed E-state index contributed by atoms with van der Waals surface area (Å²) in [6.07, 6.45) is 2.56. The van der Waals surface area contributed by atoms with Crippen LogP contribution >= 0.6 is 0 Å². The molecule has 2 heteroatoms. The van der Waals surface area contributed by atoms with Crippen LogP contribution in [-0.4, -0.2) is 32.2 Å². The van der Waals surface area contributed by atoms with Crippen LogP contribution in [0.1, 0.15) is 24.0 Å². The smallest absolute Gasteiger partial charge is 0.0466 e. The van der Waals surface area contributed by atoms with Gasteiger partial charge in [-0.3, -0.25) is 0 Å². The molecule has 0 radical (unpaired) electrons. The van der Waals surface area contributed by atoms with E-state index in [9.17, 15) is 0 Å². The maximum absolute atomic E-state index is 4.94. The van der Waals surface area contributed by atoms with Crippen molar-refractivity contribution in [3.63, 3.8) is 0 Å². The van der Waals surface area contributed by atoms with Crippen LogP contribution in [-0.2, 0) is 11.3 Å². The summed E-state index contributed by atoms with van der Waals surface area (Å²) in [6, 6.07) is 8.61. The van der Waals surface area contributed by atoms with E-state index in [1.807, 2.05) is 0 Å². The van der Waals surface area contributed by atoms with E-state index in [1.165, 1.54) is 24.0 Å². The van der Waals surface area contributed by atoms with Gasteiger partial charge in [0, 0.05) is 19.8 Å². The van der Waals surface area contributed by atoms with Gasteiger partial charge in [0.2, 0.25) is 0 Å². The minimum absolute atomic E-state index is 1.00. The molecule has 16 heavy (non-hydrogen) atoms. The van der Waals surface area contributed by atoms with Crippen molar-refractivity contribution < 1.29 is 4.74 Å². The van der Waals surface area contributed by atoms with E-state index < -0.39 is 0 Å². The van der Waals surface area contributed by atoms with E-state index in [0.717, 1.165) is 19.8 Å². The quantitative estimate of drug-likeness (QED) is 0.761. The van der Waals surface area contributed by atoms with Crippen molar-refractivity contribution >= 4 is 0 Å². The Balaban J connectivity index is 0.000000212. The lowest BCUT2D eigenvalue weighted by molar-refractivity contribution is 0.198. The molecular weight excluding hydrogens is 198 g/mol. The average molecular weight is 221 g/mol. The zero-order valence-electron chi connectivity index (χ0n) is 10.7. The highest BCUT2D eigenvalue weighted by Gasteiger charge is 1.95. The average Bonchev–Trinajstić information content (AvgIpc) is 2.73. The van der Waals surface area contributed by atoms with Crippen LogP contribution in [0.5, 0.6) is 0 Å². The van der Waals surface area contributed by atoms with Gasteiger partial charge in [0.05, 0.1) is 0 Å². The van der Waals surface area contributed by atoms with E-state index in [-0.39, 0.29) is 0 Å². The van der Waals surface area contributed by atoms with E-state index in [2.05, 4.69) is 50.2 Å². The molecule has 0 N–H and O–H groups in total. The first-order valence-corrected chi connectivity index (χ1v) is 5.96. The summed E-state index contributed by atoms with van der Waals surface area (Å²) in [4.78, 5) is 2.18. The van der Waals surface area contributed by atoms with E-state index in [4.69, 9.17) is 4.74 Å². The molecule has 1 aromatic rings. The Morgan fingerprint density at radius 2 is 1.88 bits per heavy atom. The Morgan fingerprint density at radius 3 is 2.31 bits per heavy atom. The van der Waals surface area contributed by atoms with Gasteiger partial charge in [0.1, 0.15) is 0 Å². The van der Waals surface area contributed by atoms with Gasteiger partial charge in [0.25, 0.3) is 0 Å². The first-order valence-electron chi connectivity index (χ1n) is 5.96. The van der Waals surface area contributed by atoms with Crippen molar-refractivity contribution in [1.29, 1.82) is 0 Å². The van der Waals surface area contributed by atoms with Gasteiger partial charge in [-0.2, -0.15) is 0 Å². The van der Waals surface area contributed by atoms with Crippen LogP contribution in [0.4, 0.5) is 0 Å². The van der Waals surface area contributed by atoms with Gasteiger partial charge < -0.3 is 9.64 Å². The van der Waals surface area contributed by atoms with Gasteiger partial charge in [-0.25, -0.2) is 0 Å². The summed E-state index contributed by atoms with van der Waals surface area (Å²) in [6.45, 7) is 5.15. The molecule has 1 fully saturated rings. The van der Waals surface area contributed by atoms with Crippen molar-refractivity contribution in [2.24, 2.45) is 0 Å². The summed E-state index contributed by atoms with van der Waals surface area (Å²) >= 11 is 0. The predicted molar refractivity (Wildman–Crippen MR) is 68.6 cm³/mol. The molecule has 2 nitrogen and oxygen atoms in total. The molecule has 1 heterocycles. The lowest BCUT2D eigenvalue weighted by Gasteiger charge is -2.09. The molecule has 0 amide bonds. The third-order valence-corrected chi connectivity index (χ3v) is 2.41. The molecule has 1 saturated heterocycles. The van der Waals surface area contributed by atoms with Crippen LogP contribution in [0.2, 0.25) is 0 Å². The molecule has 1 aromatic carbocycles. The largest absolute Gasteiger partial charge is 0.381 e. The van der Waals surface area contributed by atoms with E-state index >= 15 is 0 Å². The first-order chi connectivity index (χ1) is 7.68. The second kappa shape index (κ2) is 7.42. The van der Waals surface area contributed by atoms with Crippen LogP contribution in [0.25, 0.3) is 0 Å². The molecule has 0 aromatic heterocycles. The van der Waals surface area contributed by atoms with Crippen molar-refractivity contribution in [1.82, 2.24) is 4.90 Å². The van der Waals surface area contributed by atoms with Gasteiger partial charge in [-0.15, -0.1) is 0 Å². The molecule has 0 aliphatic carbocycles. The Morgan fingerprint density at radius 1 is 1.19 bits per heavy atom. The van der Waals surface area contributed by atoms with Crippen LogP contribution < -0.4 is 0 Å². The van der Waals surface area contributed by atoms with Gasteiger partial charge in [-0.05, 0) is 39.4 Å². The molecule has 1 aliphatic heterocycles. The molecular formula is C14H23NO. The molecule has 90 valence electrons. The highest BCUT2D eigenvalue weighted by Crippen LogP contribution is 2.04. The van der Waals surface area contributed by atoms with Crippen molar-refractivity contribution in [3.05, 3.63) is 35.4 Å². The van der Waals surface area contributed by atoms with E-state index in [1.54, 1.807) is 0 Å². The lowest BCUT2D eigenvalue weighted by Crippen LogP contribution is -2.10. The number of benzene rings is 1. The highest BCUT2D eigenvalue weighted by atomic mass is 16.5. The van der Waals surface area contributed by atoms with Gasteiger partial charge in [-0.1, -0.05) is 29.8 Å². The fourth-order valence-corrected chi connectivity index (χ4v) is 1.69. The van der Waals surface area contributed by atoms with Gasteiger partial charge >= 0.3 is 0 Å². The minimum atomic E-state index is 1.00. The topological polar surface area (TPSA) is 12.5 Å². The van der Waals surface area contributed by atoms with Crippen LogP contribution in [0.3, 0.4) is 0 Å². The Bertz CT molecular complexity index is 285. The fourth-order valence-electron chi connectivity index (χ4n) is 1.69.